The van der Waals surface area contributed by atoms with Gasteiger partial charge in [0.25, 0.3) is 5.91 Å². The van der Waals surface area contributed by atoms with Gasteiger partial charge in [-0.3, -0.25) is 10.1 Å². The number of halogens is 1. The molecule has 2 aromatic rings. The van der Waals surface area contributed by atoms with E-state index in [1.807, 2.05) is 36.5 Å². The van der Waals surface area contributed by atoms with E-state index < -0.39 is 24.1 Å². The Morgan fingerprint density at radius 3 is 2.52 bits per heavy atom. The number of aryl methyl sites for hydroxylation is 2. The van der Waals surface area contributed by atoms with Crippen LogP contribution in [0.1, 0.15) is 29.3 Å². The zero-order valence-electron chi connectivity index (χ0n) is 16.6. The number of aromatic nitrogens is 2. The Morgan fingerprint density at radius 1 is 1.24 bits per heavy atom. The highest BCUT2D eigenvalue weighted by molar-refractivity contribution is 6.31. The lowest BCUT2D eigenvalue weighted by molar-refractivity contribution is -0.149. The van der Waals surface area contributed by atoms with E-state index in [1.54, 1.807) is 11.6 Å². The second kappa shape index (κ2) is 9.88. The molecule has 2 amide bonds. The lowest BCUT2D eigenvalue weighted by Gasteiger charge is -2.10. The fourth-order valence-electron chi connectivity index (χ4n) is 2.40. The molecular weight excluding hydrogens is 398 g/mol. The van der Waals surface area contributed by atoms with E-state index in [1.165, 1.54) is 13.0 Å². The van der Waals surface area contributed by atoms with Crippen LogP contribution in [0.3, 0.4) is 0 Å². The van der Waals surface area contributed by atoms with Gasteiger partial charge in [-0.25, -0.2) is 14.3 Å². The molecule has 29 heavy (non-hydrogen) atoms. The van der Waals surface area contributed by atoms with Crippen LogP contribution in [-0.4, -0.2) is 41.0 Å². The minimum atomic E-state index is -1.17. The van der Waals surface area contributed by atoms with E-state index in [0.717, 1.165) is 24.3 Å². The molecule has 0 saturated carbocycles. The van der Waals surface area contributed by atoms with Crippen LogP contribution in [0.25, 0.3) is 6.08 Å². The molecule has 0 fully saturated rings. The summed E-state index contributed by atoms with van der Waals surface area (Å²) in [6.07, 6.45) is 0.515. The molecule has 2 rings (SSSR count). The van der Waals surface area contributed by atoms with E-state index in [2.05, 4.69) is 9.84 Å². The fraction of sp³-hybridized carbons (Fsp3) is 0.300. The van der Waals surface area contributed by atoms with E-state index >= 15 is 0 Å². The molecule has 8 nitrogen and oxygen atoms in total. The van der Waals surface area contributed by atoms with Gasteiger partial charge < -0.3 is 9.47 Å². The molecule has 0 aliphatic rings. The van der Waals surface area contributed by atoms with Crippen molar-refractivity contribution < 1.29 is 23.9 Å². The SMILES string of the molecule is COC(=O)NC(=O)[C@H](C)OC(=O)/C=C/c1c(C)nn(Cc2ccc(C)cc2)c1Cl. The molecule has 9 heteroatoms. The number of hydrogen-bond acceptors (Lipinski definition) is 6. The highest BCUT2D eigenvalue weighted by Gasteiger charge is 2.19. The Kier molecular flexibility index (Phi) is 7.55. The first kappa shape index (κ1) is 22.2. The van der Waals surface area contributed by atoms with Crippen molar-refractivity contribution in [3.63, 3.8) is 0 Å². The van der Waals surface area contributed by atoms with Gasteiger partial charge in [-0.2, -0.15) is 5.10 Å². The third kappa shape index (κ3) is 6.18. The first-order valence-corrected chi connectivity index (χ1v) is 9.15. The van der Waals surface area contributed by atoms with Crippen LogP contribution in [0.4, 0.5) is 4.79 Å². The Balaban J connectivity index is 2.03. The molecule has 0 saturated heterocycles. The lowest BCUT2D eigenvalue weighted by atomic mass is 10.1. The van der Waals surface area contributed by atoms with Gasteiger partial charge in [-0.15, -0.1) is 0 Å². The smallest absolute Gasteiger partial charge is 0.413 e. The third-order valence-electron chi connectivity index (χ3n) is 4.02. The third-order valence-corrected chi connectivity index (χ3v) is 4.42. The first-order valence-electron chi connectivity index (χ1n) is 8.77. The Bertz CT molecular complexity index is 934. The number of esters is 1. The summed E-state index contributed by atoms with van der Waals surface area (Å²) in [5, 5.41) is 6.70. The number of carbonyl (C=O) groups excluding carboxylic acids is 3. The second-order valence-electron chi connectivity index (χ2n) is 6.33. The minimum absolute atomic E-state index is 0.378. The van der Waals surface area contributed by atoms with Crippen LogP contribution >= 0.6 is 11.6 Å². The predicted octanol–water partition coefficient (Wildman–Crippen LogP) is 3.03. The van der Waals surface area contributed by atoms with Crippen molar-refractivity contribution in [2.24, 2.45) is 0 Å². The number of methoxy groups -OCH3 is 1. The molecule has 0 bridgehead atoms. The van der Waals surface area contributed by atoms with Gasteiger partial charge >= 0.3 is 12.1 Å². The van der Waals surface area contributed by atoms with E-state index in [4.69, 9.17) is 16.3 Å². The number of alkyl carbamates (subject to hydrolysis) is 1. The number of amides is 2. The monoisotopic (exact) mass is 419 g/mol. The van der Waals surface area contributed by atoms with Gasteiger partial charge in [-0.05, 0) is 32.4 Å². The molecule has 1 aromatic carbocycles. The van der Waals surface area contributed by atoms with Crippen molar-refractivity contribution in [1.82, 2.24) is 15.1 Å². The Labute approximate surface area is 173 Å². The topological polar surface area (TPSA) is 99.5 Å². The molecular formula is C20H22ClN3O5. The molecule has 1 heterocycles. The number of rotatable bonds is 6. The summed E-state index contributed by atoms with van der Waals surface area (Å²) < 4.78 is 10.9. The molecule has 0 spiro atoms. The van der Waals surface area contributed by atoms with Crippen molar-refractivity contribution in [3.05, 3.63) is 57.9 Å². The van der Waals surface area contributed by atoms with Crippen molar-refractivity contribution in [1.29, 1.82) is 0 Å². The van der Waals surface area contributed by atoms with E-state index in [0.29, 0.717) is 23.0 Å². The summed E-state index contributed by atoms with van der Waals surface area (Å²) in [6, 6.07) is 8.01. The first-order chi connectivity index (χ1) is 13.7. The number of nitrogens with one attached hydrogen (secondary N) is 1. The quantitative estimate of drug-likeness (QED) is 0.570. The summed E-state index contributed by atoms with van der Waals surface area (Å²) >= 11 is 6.41. The fourth-order valence-corrected chi connectivity index (χ4v) is 2.70. The molecule has 0 unspecified atom stereocenters. The molecule has 154 valence electrons. The van der Waals surface area contributed by atoms with Gasteiger partial charge in [-0.1, -0.05) is 41.4 Å². The summed E-state index contributed by atoms with van der Waals surface area (Å²) in [5.41, 5.74) is 3.42. The highest BCUT2D eigenvalue weighted by atomic mass is 35.5. The van der Waals surface area contributed by atoms with Gasteiger partial charge in [0.15, 0.2) is 6.10 Å². The maximum atomic E-state index is 12.0. The van der Waals surface area contributed by atoms with Crippen LogP contribution in [-0.2, 0) is 25.6 Å². The molecule has 0 aliphatic heterocycles. The lowest BCUT2D eigenvalue weighted by Crippen LogP contribution is -2.39. The van der Waals surface area contributed by atoms with Crippen molar-refractivity contribution in [2.45, 2.75) is 33.4 Å². The number of imide groups is 1. The van der Waals surface area contributed by atoms with Crippen LogP contribution < -0.4 is 5.32 Å². The largest absolute Gasteiger partial charge is 0.453 e. The average Bonchev–Trinajstić information content (AvgIpc) is 2.94. The number of ether oxygens (including phenoxy) is 2. The number of carbonyl (C=O) groups is 3. The summed E-state index contributed by atoms with van der Waals surface area (Å²) in [5.74, 6) is -1.56. The van der Waals surface area contributed by atoms with Gasteiger partial charge in [0.1, 0.15) is 5.15 Å². The van der Waals surface area contributed by atoms with Crippen molar-refractivity contribution in [2.75, 3.05) is 7.11 Å². The van der Waals surface area contributed by atoms with E-state index in [9.17, 15) is 14.4 Å². The maximum Gasteiger partial charge on any atom is 0.413 e. The summed E-state index contributed by atoms with van der Waals surface area (Å²) in [7, 11) is 1.12. The molecule has 0 aliphatic carbocycles. The maximum absolute atomic E-state index is 12.0. The van der Waals surface area contributed by atoms with Gasteiger partial charge in [0, 0.05) is 11.6 Å². The normalized spacial score (nSPS) is 11.9. The molecule has 1 N–H and O–H groups in total. The predicted molar refractivity (Wildman–Crippen MR) is 107 cm³/mol. The van der Waals surface area contributed by atoms with Gasteiger partial charge in [0.2, 0.25) is 0 Å². The average molecular weight is 420 g/mol. The minimum Gasteiger partial charge on any atom is -0.453 e. The van der Waals surface area contributed by atoms with Crippen LogP contribution in [0.15, 0.2) is 30.3 Å². The van der Waals surface area contributed by atoms with Crippen molar-refractivity contribution >= 4 is 35.6 Å². The highest BCUT2D eigenvalue weighted by Crippen LogP contribution is 2.22. The van der Waals surface area contributed by atoms with Crippen LogP contribution in [0.5, 0.6) is 0 Å². The van der Waals surface area contributed by atoms with E-state index in [-0.39, 0.29) is 0 Å². The Morgan fingerprint density at radius 2 is 1.90 bits per heavy atom. The standard InChI is InChI=1S/C20H22ClN3O5/c1-12-5-7-15(8-6-12)11-24-18(21)16(13(2)23-24)9-10-17(25)29-14(3)19(26)22-20(27)28-4/h5-10,14H,11H2,1-4H3,(H,22,26,27)/b10-9+/t14-/m0/s1. The number of nitrogens with zero attached hydrogens (tertiary/aromatic N) is 2. The van der Waals surface area contributed by atoms with Gasteiger partial charge in [0.05, 0.1) is 19.3 Å². The zero-order valence-corrected chi connectivity index (χ0v) is 17.3. The zero-order chi connectivity index (χ0) is 21.6. The van der Waals surface area contributed by atoms with Crippen LogP contribution in [0.2, 0.25) is 5.15 Å². The summed E-state index contributed by atoms with van der Waals surface area (Å²) in [4.78, 5) is 34.7. The second-order valence-corrected chi connectivity index (χ2v) is 6.68. The molecule has 1 aromatic heterocycles. The number of hydrogen-bond donors (Lipinski definition) is 1. The van der Waals surface area contributed by atoms with Crippen molar-refractivity contribution in [3.8, 4) is 0 Å². The summed E-state index contributed by atoms with van der Waals surface area (Å²) in [6.45, 7) is 5.61. The Hall–Kier alpha value is -3.13. The molecule has 1 atom stereocenters. The van der Waals surface area contributed by atoms with Crippen LogP contribution in [0, 0.1) is 13.8 Å². The molecule has 0 radical (unpaired) electrons. The number of benzene rings is 1.